The largest absolute Gasteiger partial charge is 0.419 e. The topological polar surface area (TPSA) is 52.2 Å². The van der Waals surface area contributed by atoms with Crippen molar-refractivity contribution >= 4 is 39.5 Å². The van der Waals surface area contributed by atoms with Gasteiger partial charge in [-0.05, 0) is 59.8 Å². The summed E-state index contributed by atoms with van der Waals surface area (Å²) in [6.07, 6.45) is 0. The lowest BCUT2D eigenvalue weighted by Gasteiger charge is -2.02. The molecule has 21 heavy (non-hydrogen) atoms. The lowest BCUT2D eigenvalue weighted by Crippen LogP contribution is -2.11. The van der Waals surface area contributed by atoms with Crippen molar-refractivity contribution in [3.8, 4) is 0 Å². The summed E-state index contributed by atoms with van der Waals surface area (Å²) in [7, 11) is 0. The molecule has 106 valence electrons. The Morgan fingerprint density at radius 3 is 2.67 bits per heavy atom. The number of hydrogen-bond donors (Lipinski definition) is 0. The third-order valence-electron chi connectivity index (χ3n) is 3.33. The number of oxazole rings is 1. The molecule has 1 heterocycles. The summed E-state index contributed by atoms with van der Waals surface area (Å²) >= 11 is 2.17. The zero-order chi connectivity index (χ0) is 15.0. The van der Waals surface area contributed by atoms with E-state index >= 15 is 0 Å². The van der Waals surface area contributed by atoms with Gasteiger partial charge < -0.3 is 4.42 Å². The highest BCUT2D eigenvalue weighted by molar-refractivity contribution is 14.1. The number of benzene rings is 2. The van der Waals surface area contributed by atoms with Crippen LogP contribution >= 0.6 is 22.6 Å². The molecule has 0 bridgehead atoms. The zero-order valence-corrected chi connectivity index (χ0v) is 13.5. The van der Waals surface area contributed by atoms with Gasteiger partial charge in [-0.25, -0.2) is 4.79 Å². The van der Waals surface area contributed by atoms with Crippen LogP contribution in [-0.4, -0.2) is 10.4 Å². The molecular formula is C16H12INO3. The van der Waals surface area contributed by atoms with Crippen molar-refractivity contribution in [2.45, 2.75) is 13.5 Å². The van der Waals surface area contributed by atoms with Crippen LogP contribution in [-0.2, 0) is 6.54 Å². The maximum Gasteiger partial charge on any atom is 0.419 e. The molecule has 0 spiro atoms. The first-order chi connectivity index (χ1) is 10.1. The predicted molar refractivity (Wildman–Crippen MR) is 88.7 cm³/mol. The van der Waals surface area contributed by atoms with Gasteiger partial charge in [-0.15, -0.1) is 0 Å². The number of nitrogens with zero attached hydrogens (tertiary/aromatic N) is 1. The van der Waals surface area contributed by atoms with Crippen LogP contribution in [0.1, 0.15) is 22.8 Å². The maximum absolute atomic E-state index is 12.5. The first kappa shape index (κ1) is 14.1. The molecule has 5 heteroatoms. The number of rotatable bonds is 3. The monoisotopic (exact) mass is 393 g/mol. The Kier molecular flexibility index (Phi) is 3.67. The van der Waals surface area contributed by atoms with Crippen LogP contribution in [0.5, 0.6) is 0 Å². The Hall–Kier alpha value is -1.89. The van der Waals surface area contributed by atoms with Crippen molar-refractivity contribution < 1.29 is 9.21 Å². The van der Waals surface area contributed by atoms with Crippen molar-refractivity contribution in [3.63, 3.8) is 0 Å². The number of carbonyl (C=O) groups excluding carboxylic acids is 1. The predicted octanol–water partition coefficient (Wildman–Crippen LogP) is 3.45. The van der Waals surface area contributed by atoms with Gasteiger partial charge in [0.05, 0.1) is 5.52 Å². The van der Waals surface area contributed by atoms with E-state index < -0.39 is 5.76 Å². The van der Waals surface area contributed by atoms with Crippen molar-refractivity contribution in [3.05, 3.63) is 67.7 Å². The van der Waals surface area contributed by atoms with E-state index in [1.165, 1.54) is 4.57 Å². The number of aryl methyl sites for hydroxylation is 1. The molecule has 0 amide bonds. The molecule has 3 aromatic rings. The van der Waals surface area contributed by atoms with Gasteiger partial charge in [-0.1, -0.05) is 12.1 Å². The number of carbonyl (C=O) groups is 1. The molecule has 0 N–H and O–H groups in total. The van der Waals surface area contributed by atoms with E-state index in [9.17, 15) is 9.59 Å². The summed E-state index contributed by atoms with van der Waals surface area (Å²) in [6.45, 7) is 2.41. The fourth-order valence-corrected chi connectivity index (χ4v) is 2.85. The van der Waals surface area contributed by atoms with Gasteiger partial charge in [0.25, 0.3) is 0 Å². The molecule has 0 saturated heterocycles. The lowest BCUT2D eigenvalue weighted by molar-refractivity contribution is 0.103. The minimum absolute atomic E-state index is 0.0812. The number of hydrogen-bond acceptors (Lipinski definition) is 3. The third kappa shape index (κ3) is 2.53. The van der Waals surface area contributed by atoms with Crippen LogP contribution in [0.4, 0.5) is 0 Å². The fourth-order valence-electron chi connectivity index (χ4n) is 2.30. The van der Waals surface area contributed by atoms with Crippen molar-refractivity contribution in [1.82, 2.24) is 4.57 Å². The summed E-state index contributed by atoms with van der Waals surface area (Å²) in [5, 5.41) is 0. The van der Waals surface area contributed by atoms with Gasteiger partial charge in [0, 0.05) is 21.2 Å². The SMILES string of the molecule is CCn1c(=O)oc2cc(C(=O)c3cccc(I)c3)ccc21. The Morgan fingerprint density at radius 2 is 1.95 bits per heavy atom. The van der Waals surface area contributed by atoms with E-state index in [4.69, 9.17) is 4.42 Å². The van der Waals surface area contributed by atoms with Crippen molar-refractivity contribution in [1.29, 1.82) is 0 Å². The molecular weight excluding hydrogens is 381 g/mol. The summed E-state index contributed by atoms with van der Waals surface area (Å²) in [5.74, 6) is -0.478. The molecule has 0 saturated carbocycles. The van der Waals surface area contributed by atoms with Crippen molar-refractivity contribution in [2.75, 3.05) is 0 Å². The molecule has 0 aliphatic heterocycles. The zero-order valence-electron chi connectivity index (χ0n) is 11.3. The molecule has 0 atom stereocenters. The van der Waals surface area contributed by atoms with Crippen LogP contribution in [0, 0.1) is 3.57 Å². The van der Waals surface area contributed by atoms with Gasteiger partial charge in [0.15, 0.2) is 11.4 Å². The molecule has 0 fully saturated rings. The van der Waals surface area contributed by atoms with Gasteiger partial charge in [0.2, 0.25) is 0 Å². The first-order valence-corrected chi connectivity index (χ1v) is 7.61. The Balaban J connectivity index is 2.09. The number of halogens is 1. The first-order valence-electron chi connectivity index (χ1n) is 6.54. The van der Waals surface area contributed by atoms with E-state index in [1.807, 2.05) is 25.1 Å². The average Bonchev–Trinajstić information content (AvgIpc) is 2.80. The number of aromatic nitrogens is 1. The molecule has 0 aliphatic carbocycles. The molecule has 1 aromatic heterocycles. The molecule has 0 aliphatic rings. The van der Waals surface area contributed by atoms with E-state index in [1.54, 1.807) is 24.3 Å². The maximum atomic E-state index is 12.5. The Labute approximate surface area is 134 Å². The highest BCUT2D eigenvalue weighted by atomic mass is 127. The lowest BCUT2D eigenvalue weighted by atomic mass is 10.0. The second-order valence-electron chi connectivity index (χ2n) is 4.63. The second-order valence-corrected chi connectivity index (χ2v) is 5.88. The number of ketones is 1. The normalized spacial score (nSPS) is 11.0. The van der Waals surface area contributed by atoms with Gasteiger partial charge in [-0.3, -0.25) is 9.36 Å². The highest BCUT2D eigenvalue weighted by Gasteiger charge is 2.13. The van der Waals surface area contributed by atoms with E-state index in [0.717, 1.165) is 3.57 Å². The van der Waals surface area contributed by atoms with Crippen molar-refractivity contribution in [2.24, 2.45) is 0 Å². The minimum Gasteiger partial charge on any atom is -0.408 e. The smallest absolute Gasteiger partial charge is 0.408 e. The van der Waals surface area contributed by atoms with Gasteiger partial charge in [-0.2, -0.15) is 0 Å². The standard InChI is InChI=1S/C16H12INO3/c1-2-18-13-7-6-11(9-14(13)21-16(18)20)15(19)10-4-3-5-12(17)8-10/h3-9H,2H2,1H3. The Bertz CT molecular complexity index is 892. The summed E-state index contributed by atoms with van der Waals surface area (Å²) in [5.41, 5.74) is 2.29. The van der Waals surface area contributed by atoms with Gasteiger partial charge >= 0.3 is 5.76 Å². The molecule has 2 aromatic carbocycles. The fraction of sp³-hybridized carbons (Fsp3) is 0.125. The molecule has 0 radical (unpaired) electrons. The molecule has 4 nitrogen and oxygen atoms in total. The van der Waals surface area contributed by atoms with Crippen LogP contribution < -0.4 is 5.76 Å². The summed E-state index contributed by atoms with van der Waals surface area (Å²) < 4.78 is 7.73. The Morgan fingerprint density at radius 1 is 1.19 bits per heavy atom. The van der Waals surface area contributed by atoms with Crippen LogP contribution in [0.25, 0.3) is 11.1 Å². The van der Waals surface area contributed by atoms with E-state index in [2.05, 4.69) is 22.6 Å². The van der Waals surface area contributed by atoms with Crippen LogP contribution in [0.2, 0.25) is 0 Å². The average molecular weight is 393 g/mol. The third-order valence-corrected chi connectivity index (χ3v) is 4.00. The van der Waals surface area contributed by atoms with E-state index in [0.29, 0.717) is 28.8 Å². The molecule has 0 unspecified atom stereocenters. The summed E-state index contributed by atoms with van der Waals surface area (Å²) in [4.78, 5) is 24.1. The molecule has 3 rings (SSSR count). The van der Waals surface area contributed by atoms with E-state index in [-0.39, 0.29) is 5.78 Å². The second kappa shape index (κ2) is 5.48. The van der Waals surface area contributed by atoms with Gasteiger partial charge in [0.1, 0.15) is 0 Å². The number of fused-ring (bicyclic) bond motifs is 1. The van der Waals surface area contributed by atoms with Crippen LogP contribution in [0.15, 0.2) is 51.7 Å². The highest BCUT2D eigenvalue weighted by Crippen LogP contribution is 2.18. The van der Waals surface area contributed by atoms with Crippen LogP contribution in [0.3, 0.4) is 0 Å². The minimum atomic E-state index is -0.397. The quantitative estimate of drug-likeness (QED) is 0.506. The summed E-state index contributed by atoms with van der Waals surface area (Å²) in [6, 6.07) is 12.5.